The molecule has 1 aromatic rings. The summed E-state index contributed by atoms with van der Waals surface area (Å²) in [4.78, 5) is 11.8. The Kier molecular flexibility index (Phi) is 3.03. The second-order valence-corrected chi connectivity index (χ2v) is 4.38. The smallest absolute Gasteiger partial charge is 0.227 e. The monoisotopic (exact) mass is 211 g/mol. The summed E-state index contributed by atoms with van der Waals surface area (Å²) in [5.41, 5.74) is 5.46. The molecule has 0 amide bonds. The third-order valence-electron chi connectivity index (χ3n) is 2.08. The van der Waals surface area contributed by atoms with Gasteiger partial charge in [0.25, 0.3) is 0 Å². The molecule has 1 unspecified atom stereocenters. The van der Waals surface area contributed by atoms with Gasteiger partial charge >= 0.3 is 0 Å². The van der Waals surface area contributed by atoms with Gasteiger partial charge in [-0.15, -0.1) is 0 Å². The first-order valence-electron chi connectivity index (χ1n) is 4.63. The van der Waals surface area contributed by atoms with E-state index >= 15 is 0 Å². The lowest BCUT2D eigenvalue weighted by molar-refractivity contribution is 0.678. The number of nitrogens with one attached hydrogen (secondary N) is 1. The molecule has 0 aliphatic carbocycles. The van der Waals surface area contributed by atoms with Crippen LogP contribution in [0.15, 0.2) is 6.33 Å². The summed E-state index contributed by atoms with van der Waals surface area (Å²) < 4.78 is 0. The van der Waals surface area contributed by atoms with Crippen molar-refractivity contribution in [1.82, 2.24) is 15.0 Å². The van der Waals surface area contributed by atoms with Crippen molar-refractivity contribution in [3.05, 3.63) is 6.33 Å². The van der Waals surface area contributed by atoms with Gasteiger partial charge in [0.2, 0.25) is 11.9 Å². The maximum Gasteiger partial charge on any atom is 0.227 e. The van der Waals surface area contributed by atoms with E-state index in [0.29, 0.717) is 12.0 Å². The van der Waals surface area contributed by atoms with Crippen molar-refractivity contribution in [1.29, 1.82) is 0 Å². The van der Waals surface area contributed by atoms with E-state index < -0.39 is 0 Å². The fraction of sp³-hybridized carbons (Fsp3) is 0.625. The zero-order chi connectivity index (χ0) is 9.80. The lowest BCUT2D eigenvalue weighted by Gasteiger charge is -2.22. The minimum atomic E-state index is 0.269. The molecule has 14 heavy (non-hydrogen) atoms. The Morgan fingerprint density at radius 2 is 2.43 bits per heavy atom. The summed E-state index contributed by atoms with van der Waals surface area (Å²) in [6.07, 6.45) is 3.86. The average Bonchev–Trinajstić information content (AvgIpc) is 2.19. The summed E-state index contributed by atoms with van der Waals surface area (Å²) >= 11 is 1.96. The molecular weight excluding hydrogens is 198 g/mol. The zero-order valence-corrected chi connectivity index (χ0v) is 8.63. The van der Waals surface area contributed by atoms with Crippen molar-refractivity contribution >= 4 is 23.7 Å². The summed E-state index contributed by atoms with van der Waals surface area (Å²) in [5, 5.41) is 3.26. The van der Waals surface area contributed by atoms with Crippen LogP contribution >= 0.6 is 11.8 Å². The number of aromatic nitrogens is 3. The van der Waals surface area contributed by atoms with Gasteiger partial charge < -0.3 is 11.1 Å². The molecule has 0 bridgehead atoms. The van der Waals surface area contributed by atoms with E-state index in [-0.39, 0.29) is 5.95 Å². The number of nitrogen functional groups attached to an aromatic ring is 1. The van der Waals surface area contributed by atoms with Gasteiger partial charge in [-0.25, -0.2) is 9.97 Å². The molecule has 0 spiro atoms. The first-order valence-corrected chi connectivity index (χ1v) is 5.79. The van der Waals surface area contributed by atoms with E-state index in [2.05, 4.69) is 20.3 Å². The highest BCUT2D eigenvalue weighted by Crippen LogP contribution is 2.19. The number of hydrogen-bond acceptors (Lipinski definition) is 6. The van der Waals surface area contributed by atoms with Crippen molar-refractivity contribution < 1.29 is 0 Å². The van der Waals surface area contributed by atoms with Crippen LogP contribution in [-0.2, 0) is 0 Å². The molecule has 2 heterocycles. The minimum Gasteiger partial charge on any atom is -0.368 e. The largest absolute Gasteiger partial charge is 0.368 e. The molecule has 5 nitrogen and oxygen atoms in total. The second-order valence-electron chi connectivity index (χ2n) is 3.23. The molecule has 3 N–H and O–H groups in total. The first-order chi connectivity index (χ1) is 6.84. The Bertz CT molecular complexity index is 300. The number of rotatable bonds is 2. The molecule has 0 saturated carbocycles. The Labute approximate surface area is 86.9 Å². The molecule has 1 aromatic heterocycles. The normalized spacial score (nSPS) is 21.9. The highest BCUT2D eigenvalue weighted by molar-refractivity contribution is 7.99. The van der Waals surface area contributed by atoms with Gasteiger partial charge in [0.15, 0.2) is 0 Å². The predicted octanol–water partition coefficient (Wildman–Crippen LogP) is 0.761. The summed E-state index contributed by atoms with van der Waals surface area (Å²) in [6, 6.07) is 0.468. The summed E-state index contributed by atoms with van der Waals surface area (Å²) in [7, 11) is 0. The molecule has 0 aromatic carbocycles. The standard InChI is InChI=1S/C8H13N5S/c9-7-10-5-11-8(13-7)12-6-2-1-3-14-4-6/h5-6H,1-4H2,(H3,9,10,11,12,13). The molecular formula is C8H13N5S. The highest BCUT2D eigenvalue weighted by atomic mass is 32.2. The van der Waals surface area contributed by atoms with Gasteiger partial charge in [-0.05, 0) is 18.6 Å². The molecule has 1 atom stereocenters. The maximum atomic E-state index is 5.46. The van der Waals surface area contributed by atoms with E-state index in [0.717, 1.165) is 5.75 Å². The molecule has 1 fully saturated rings. The molecule has 2 rings (SSSR count). The Morgan fingerprint density at radius 1 is 1.50 bits per heavy atom. The maximum absolute atomic E-state index is 5.46. The molecule has 0 radical (unpaired) electrons. The second kappa shape index (κ2) is 4.45. The SMILES string of the molecule is Nc1ncnc(NC2CCCSC2)n1. The van der Waals surface area contributed by atoms with E-state index in [1.54, 1.807) is 0 Å². The molecule has 1 saturated heterocycles. The number of nitrogens with zero attached hydrogens (tertiary/aromatic N) is 3. The van der Waals surface area contributed by atoms with Gasteiger partial charge in [-0.1, -0.05) is 0 Å². The van der Waals surface area contributed by atoms with E-state index in [9.17, 15) is 0 Å². The van der Waals surface area contributed by atoms with Crippen LogP contribution in [0.1, 0.15) is 12.8 Å². The van der Waals surface area contributed by atoms with Crippen LogP contribution in [0, 0.1) is 0 Å². The minimum absolute atomic E-state index is 0.269. The van der Waals surface area contributed by atoms with Crippen molar-refractivity contribution in [2.45, 2.75) is 18.9 Å². The Morgan fingerprint density at radius 3 is 3.14 bits per heavy atom. The van der Waals surface area contributed by atoms with Gasteiger partial charge in [0, 0.05) is 11.8 Å². The van der Waals surface area contributed by atoms with Crippen LogP contribution in [0.25, 0.3) is 0 Å². The van der Waals surface area contributed by atoms with Gasteiger partial charge in [-0.3, -0.25) is 0 Å². The Hall–Kier alpha value is -1.04. The van der Waals surface area contributed by atoms with Crippen LogP contribution in [0.3, 0.4) is 0 Å². The van der Waals surface area contributed by atoms with Crippen LogP contribution in [0.2, 0.25) is 0 Å². The zero-order valence-electron chi connectivity index (χ0n) is 7.81. The van der Waals surface area contributed by atoms with Gasteiger partial charge in [-0.2, -0.15) is 16.7 Å². The van der Waals surface area contributed by atoms with Gasteiger partial charge in [0.05, 0.1) is 0 Å². The third-order valence-corrected chi connectivity index (χ3v) is 3.30. The fourth-order valence-electron chi connectivity index (χ4n) is 1.42. The van der Waals surface area contributed by atoms with E-state index in [1.807, 2.05) is 11.8 Å². The van der Waals surface area contributed by atoms with E-state index in [1.165, 1.54) is 24.9 Å². The van der Waals surface area contributed by atoms with Crippen LogP contribution in [0.5, 0.6) is 0 Å². The van der Waals surface area contributed by atoms with Crippen molar-refractivity contribution in [3.8, 4) is 0 Å². The highest BCUT2D eigenvalue weighted by Gasteiger charge is 2.14. The lowest BCUT2D eigenvalue weighted by atomic mass is 10.2. The predicted molar refractivity (Wildman–Crippen MR) is 58.2 cm³/mol. The topological polar surface area (TPSA) is 76.7 Å². The molecule has 1 aliphatic rings. The van der Waals surface area contributed by atoms with Crippen molar-refractivity contribution in [3.63, 3.8) is 0 Å². The van der Waals surface area contributed by atoms with E-state index in [4.69, 9.17) is 5.73 Å². The van der Waals surface area contributed by atoms with Gasteiger partial charge in [0.1, 0.15) is 6.33 Å². The summed E-state index contributed by atoms with van der Waals surface area (Å²) in [6.45, 7) is 0. The fourth-order valence-corrected chi connectivity index (χ4v) is 2.49. The number of thioether (sulfide) groups is 1. The molecule has 6 heteroatoms. The average molecular weight is 211 g/mol. The summed E-state index contributed by atoms with van der Waals surface area (Å²) in [5.74, 6) is 3.24. The molecule has 1 aliphatic heterocycles. The number of nitrogens with two attached hydrogens (primary N) is 1. The van der Waals surface area contributed by atoms with Crippen molar-refractivity contribution in [2.24, 2.45) is 0 Å². The van der Waals surface area contributed by atoms with Crippen LogP contribution in [-0.4, -0.2) is 32.5 Å². The number of hydrogen-bond donors (Lipinski definition) is 2. The van der Waals surface area contributed by atoms with Crippen LogP contribution in [0.4, 0.5) is 11.9 Å². The first kappa shape index (κ1) is 9.51. The molecule has 76 valence electrons. The Balaban J connectivity index is 1.95. The third kappa shape index (κ3) is 2.47. The number of anilines is 2. The van der Waals surface area contributed by atoms with Crippen LogP contribution < -0.4 is 11.1 Å². The quantitative estimate of drug-likeness (QED) is 0.752. The van der Waals surface area contributed by atoms with Crippen molar-refractivity contribution in [2.75, 3.05) is 22.6 Å². The lowest BCUT2D eigenvalue weighted by Crippen LogP contribution is -2.26.